The molecule has 0 bridgehead atoms. The third-order valence-electron chi connectivity index (χ3n) is 3.73. The predicted octanol–water partition coefficient (Wildman–Crippen LogP) is 3.27. The number of nitrogens with zero attached hydrogens (tertiary/aromatic N) is 1. The van der Waals surface area contributed by atoms with E-state index in [1.165, 1.54) is 48.5 Å². The third kappa shape index (κ3) is 3.81. The van der Waals surface area contributed by atoms with Gasteiger partial charge in [-0.15, -0.1) is 11.3 Å². The lowest BCUT2D eigenvalue weighted by Gasteiger charge is -2.24. The summed E-state index contributed by atoms with van der Waals surface area (Å²) in [6.07, 6.45) is 5.14. The van der Waals surface area contributed by atoms with E-state index < -0.39 is 0 Å². The minimum Gasteiger partial charge on any atom is -0.315 e. The van der Waals surface area contributed by atoms with Crippen LogP contribution in [0.15, 0.2) is 12.1 Å². The summed E-state index contributed by atoms with van der Waals surface area (Å²) in [4.78, 5) is 5.72. The fourth-order valence-corrected chi connectivity index (χ4v) is 3.66. The van der Waals surface area contributed by atoms with Crippen molar-refractivity contribution in [2.45, 2.75) is 52.1 Å². The lowest BCUT2D eigenvalue weighted by Crippen LogP contribution is -2.37. The van der Waals surface area contributed by atoms with Crippen molar-refractivity contribution in [1.29, 1.82) is 0 Å². The lowest BCUT2D eigenvalue weighted by atomic mass is 10.2. The zero-order valence-electron chi connectivity index (χ0n) is 11.7. The van der Waals surface area contributed by atoms with Crippen molar-refractivity contribution < 1.29 is 0 Å². The molecule has 2 heterocycles. The lowest BCUT2D eigenvalue weighted by molar-refractivity contribution is 0.241. The van der Waals surface area contributed by atoms with Crippen LogP contribution in [0.25, 0.3) is 0 Å². The van der Waals surface area contributed by atoms with E-state index in [0.717, 1.165) is 19.1 Å². The maximum absolute atomic E-state index is 3.57. The number of hydrogen-bond acceptors (Lipinski definition) is 3. The third-order valence-corrected chi connectivity index (χ3v) is 4.94. The van der Waals surface area contributed by atoms with Crippen LogP contribution in [-0.4, -0.2) is 30.6 Å². The van der Waals surface area contributed by atoms with Gasteiger partial charge in [-0.25, -0.2) is 0 Å². The predicted molar refractivity (Wildman–Crippen MR) is 80.3 cm³/mol. The number of aryl methyl sites for hydroxylation is 1. The van der Waals surface area contributed by atoms with Crippen molar-refractivity contribution in [2.75, 3.05) is 19.6 Å². The highest BCUT2D eigenvalue weighted by atomic mass is 32.1. The molecular formula is C15H26N2S. The van der Waals surface area contributed by atoms with Crippen molar-refractivity contribution >= 4 is 11.3 Å². The normalized spacial score (nSPS) is 20.7. The van der Waals surface area contributed by atoms with Gasteiger partial charge in [0, 0.05) is 28.9 Å². The summed E-state index contributed by atoms with van der Waals surface area (Å²) < 4.78 is 0. The Morgan fingerprint density at radius 1 is 1.33 bits per heavy atom. The minimum atomic E-state index is 0.753. The van der Waals surface area contributed by atoms with Gasteiger partial charge < -0.3 is 5.32 Å². The van der Waals surface area contributed by atoms with Crippen LogP contribution in [0.1, 0.15) is 42.9 Å². The average Bonchev–Trinajstić information content (AvgIpc) is 3.00. The standard InChI is InChI=1S/C15H26N2S/c1-3-9-16-11-13-6-5-10-17(13)12-15-8-7-14(4-2)18-15/h7-8,13,16H,3-6,9-12H2,1-2H3. The van der Waals surface area contributed by atoms with Crippen LogP contribution in [0, 0.1) is 0 Å². The van der Waals surface area contributed by atoms with E-state index in [-0.39, 0.29) is 0 Å². The summed E-state index contributed by atoms with van der Waals surface area (Å²) in [5, 5.41) is 3.57. The van der Waals surface area contributed by atoms with E-state index >= 15 is 0 Å². The molecule has 1 atom stereocenters. The van der Waals surface area contributed by atoms with E-state index in [2.05, 4.69) is 36.2 Å². The molecule has 1 saturated heterocycles. The van der Waals surface area contributed by atoms with Crippen LogP contribution in [0.2, 0.25) is 0 Å². The Kier molecular flexibility index (Phi) is 5.67. The summed E-state index contributed by atoms with van der Waals surface area (Å²) in [5.41, 5.74) is 0. The first-order valence-electron chi connectivity index (χ1n) is 7.35. The zero-order valence-corrected chi connectivity index (χ0v) is 12.6. The van der Waals surface area contributed by atoms with Gasteiger partial charge in [-0.2, -0.15) is 0 Å². The number of thiophene rings is 1. The molecule has 1 aliphatic rings. The second kappa shape index (κ2) is 7.27. The summed E-state index contributed by atoms with van der Waals surface area (Å²) in [6, 6.07) is 5.36. The summed E-state index contributed by atoms with van der Waals surface area (Å²) in [7, 11) is 0. The minimum absolute atomic E-state index is 0.753. The van der Waals surface area contributed by atoms with Crippen molar-refractivity contribution in [1.82, 2.24) is 10.2 Å². The van der Waals surface area contributed by atoms with Crippen LogP contribution in [0.3, 0.4) is 0 Å². The second-order valence-corrected chi connectivity index (χ2v) is 6.45. The Bertz CT molecular complexity index is 348. The smallest absolute Gasteiger partial charge is 0.0331 e. The number of rotatable bonds is 7. The zero-order chi connectivity index (χ0) is 12.8. The molecule has 2 rings (SSSR count). The molecule has 2 nitrogen and oxygen atoms in total. The highest BCUT2D eigenvalue weighted by Crippen LogP contribution is 2.24. The molecule has 0 radical (unpaired) electrons. The maximum atomic E-state index is 3.57. The molecule has 0 amide bonds. The molecular weight excluding hydrogens is 240 g/mol. The van der Waals surface area contributed by atoms with Crippen LogP contribution in [0.4, 0.5) is 0 Å². The molecule has 1 unspecified atom stereocenters. The van der Waals surface area contributed by atoms with Gasteiger partial charge in [-0.1, -0.05) is 13.8 Å². The van der Waals surface area contributed by atoms with Crippen LogP contribution in [-0.2, 0) is 13.0 Å². The van der Waals surface area contributed by atoms with Crippen molar-refractivity contribution in [2.24, 2.45) is 0 Å². The van der Waals surface area contributed by atoms with E-state index in [1.54, 1.807) is 0 Å². The number of nitrogens with one attached hydrogen (secondary N) is 1. The van der Waals surface area contributed by atoms with Crippen molar-refractivity contribution in [3.8, 4) is 0 Å². The molecule has 1 aliphatic heterocycles. The van der Waals surface area contributed by atoms with Crippen LogP contribution < -0.4 is 5.32 Å². The average molecular weight is 266 g/mol. The summed E-state index contributed by atoms with van der Waals surface area (Å²) in [5.74, 6) is 0. The summed E-state index contributed by atoms with van der Waals surface area (Å²) in [6.45, 7) is 9.23. The molecule has 0 aromatic carbocycles. The van der Waals surface area contributed by atoms with Gasteiger partial charge in [0.15, 0.2) is 0 Å². The number of hydrogen-bond donors (Lipinski definition) is 1. The van der Waals surface area contributed by atoms with Crippen molar-refractivity contribution in [3.63, 3.8) is 0 Å². The summed E-state index contributed by atoms with van der Waals surface area (Å²) >= 11 is 1.99. The fourth-order valence-electron chi connectivity index (χ4n) is 2.68. The first kappa shape index (κ1) is 14.0. The van der Waals surface area contributed by atoms with Crippen molar-refractivity contribution in [3.05, 3.63) is 21.9 Å². The molecule has 0 saturated carbocycles. The SMILES string of the molecule is CCCNCC1CCCN1Cc1ccc(CC)s1. The monoisotopic (exact) mass is 266 g/mol. The Morgan fingerprint density at radius 2 is 2.17 bits per heavy atom. The van der Waals surface area contributed by atoms with Gasteiger partial charge in [0.05, 0.1) is 0 Å². The second-order valence-electron chi connectivity index (χ2n) is 5.19. The maximum Gasteiger partial charge on any atom is 0.0331 e. The molecule has 18 heavy (non-hydrogen) atoms. The first-order chi connectivity index (χ1) is 8.83. The van der Waals surface area contributed by atoms with Gasteiger partial charge >= 0.3 is 0 Å². The van der Waals surface area contributed by atoms with Gasteiger partial charge in [0.1, 0.15) is 0 Å². The van der Waals surface area contributed by atoms with Gasteiger partial charge in [0.25, 0.3) is 0 Å². The quantitative estimate of drug-likeness (QED) is 0.762. The van der Waals surface area contributed by atoms with E-state index in [1.807, 2.05) is 11.3 Å². The van der Waals surface area contributed by atoms with Crippen LogP contribution in [0.5, 0.6) is 0 Å². The molecule has 1 fully saturated rings. The highest BCUT2D eigenvalue weighted by molar-refractivity contribution is 7.11. The topological polar surface area (TPSA) is 15.3 Å². The Hall–Kier alpha value is -0.380. The highest BCUT2D eigenvalue weighted by Gasteiger charge is 2.24. The molecule has 1 N–H and O–H groups in total. The molecule has 0 aliphatic carbocycles. The van der Waals surface area contributed by atoms with E-state index in [0.29, 0.717) is 0 Å². The van der Waals surface area contributed by atoms with Gasteiger partial charge in [-0.05, 0) is 50.9 Å². The van der Waals surface area contributed by atoms with Crippen LogP contribution >= 0.6 is 11.3 Å². The molecule has 102 valence electrons. The van der Waals surface area contributed by atoms with Gasteiger partial charge in [-0.3, -0.25) is 4.90 Å². The van der Waals surface area contributed by atoms with Gasteiger partial charge in [0.2, 0.25) is 0 Å². The molecule has 1 aromatic rings. The molecule has 1 aromatic heterocycles. The van der Waals surface area contributed by atoms with E-state index in [9.17, 15) is 0 Å². The van der Waals surface area contributed by atoms with E-state index in [4.69, 9.17) is 0 Å². The fraction of sp³-hybridized carbons (Fsp3) is 0.733. The molecule has 0 spiro atoms. The first-order valence-corrected chi connectivity index (χ1v) is 8.17. The largest absolute Gasteiger partial charge is 0.315 e. The Balaban J connectivity index is 1.83. The molecule has 3 heteroatoms. The Labute approximate surface area is 115 Å². The number of likely N-dealkylation sites (tertiary alicyclic amines) is 1. The Morgan fingerprint density at radius 3 is 2.89 bits per heavy atom.